The Kier molecular flexibility index (Phi) is 7.38. The minimum Gasteiger partial charge on any atom is -0.454 e. The van der Waals surface area contributed by atoms with E-state index in [0.29, 0.717) is 37.6 Å². The van der Waals surface area contributed by atoms with Gasteiger partial charge in [0.15, 0.2) is 11.5 Å². The quantitative estimate of drug-likeness (QED) is 0.538. The van der Waals surface area contributed by atoms with Gasteiger partial charge >= 0.3 is 0 Å². The van der Waals surface area contributed by atoms with Crippen LogP contribution in [0.15, 0.2) is 48.4 Å². The van der Waals surface area contributed by atoms with E-state index in [2.05, 4.69) is 6.58 Å². The fourth-order valence-electron chi connectivity index (χ4n) is 3.32. The third-order valence-corrected chi connectivity index (χ3v) is 5.66. The maximum Gasteiger partial charge on any atom is 0.242 e. The first kappa shape index (κ1) is 22.9. The first-order valence-corrected chi connectivity index (χ1v) is 11.2. The fourth-order valence-corrected chi connectivity index (χ4v) is 4.04. The number of benzene rings is 1. The summed E-state index contributed by atoms with van der Waals surface area (Å²) in [4.78, 5) is 30.6. The molecule has 0 spiro atoms. The van der Waals surface area contributed by atoms with Crippen LogP contribution in [0.25, 0.3) is 0 Å². The van der Waals surface area contributed by atoms with Crippen LogP contribution in [-0.2, 0) is 22.7 Å². The molecule has 0 saturated heterocycles. The van der Waals surface area contributed by atoms with Gasteiger partial charge in [-0.05, 0) is 34.6 Å². The molecule has 0 atom stereocenters. The van der Waals surface area contributed by atoms with Gasteiger partial charge in [-0.15, -0.1) is 17.9 Å². The lowest BCUT2D eigenvalue weighted by Crippen LogP contribution is -2.43. The van der Waals surface area contributed by atoms with Crippen molar-refractivity contribution in [2.45, 2.75) is 40.3 Å². The highest BCUT2D eigenvalue weighted by Gasteiger charge is 2.25. The predicted octanol–water partition coefficient (Wildman–Crippen LogP) is 4.46. The number of amides is 2. The lowest BCUT2D eigenvalue weighted by atomic mass is 9.91. The zero-order chi connectivity index (χ0) is 22.4. The van der Waals surface area contributed by atoms with E-state index in [1.165, 1.54) is 0 Å². The molecule has 0 saturated carbocycles. The molecule has 0 unspecified atom stereocenters. The molecule has 0 aliphatic carbocycles. The van der Waals surface area contributed by atoms with Crippen LogP contribution in [0.2, 0.25) is 0 Å². The van der Waals surface area contributed by atoms with E-state index >= 15 is 0 Å². The number of fused-ring (bicyclic) bond motifs is 1. The first-order chi connectivity index (χ1) is 14.7. The molecule has 0 bridgehead atoms. The standard InChI is InChI=1S/C24H30N2O4S/c1-5-10-25(22(27)13-24(2,3)4)16-23(28)26(15-19-7-6-11-31-19)14-18-8-9-20-21(12-18)30-17-29-20/h5-9,11-12H,1,10,13-17H2,2-4H3. The smallest absolute Gasteiger partial charge is 0.242 e. The Morgan fingerprint density at radius 1 is 1.10 bits per heavy atom. The number of hydrogen-bond acceptors (Lipinski definition) is 5. The van der Waals surface area contributed by atoms with E-state index in [4.69, 9.17) is 9.47 Å². The summed E-state index contributed by atoms with van der Waals surface area (Å²) < 4.78 is 10.9. The molecule has 1 aromatic heterocycles. The van der Waals surface area contributed by atoms with E-state index in [1.54, 1.807) is 27.2 Å². The van der Waals surface area contributed by atoms with Crippen molar-refractivity contribution in [2.24, 2.45) is 5.41 Å². The van der Waals surface area contributed by atoms with Crippen molar-refractivity contribution in [2.75, 3.05) is 19.9 Å². The monoisotopic (exact) mass is 442 g/mol. The molecule has 0 radical (unpaired) electrons. The SMILES string of the molecule is C=CCN(CC(=O)N(Cc1ccc2c(c1)OCO2)Cc1cccs1)C(=O)CC(C)(C)C. The number of thiophene rings is 1. The number of nitrogens with zero attached hydrogens (tertiary/aromatic N) is 2. The highest BCUT2D eigenvalue weighted by molar-refractivity contribution is 7.09. The van der Waals surface area contributed by atoms with Crippen molar-refractivity contribution >= 4 is 23.2 Å². The maximum absolute atomic E-state index is 13.3. The zero-order valence-corrected chi connectivity index (χ0v) is 19.2. The minimum absolute atomic E-state index is 0.0247. The van der Waals surface area contributed by atoms with Gasteiger partial charge in [0.1, 0.15) is 6.54 Å². The molecular formula is C24H30N2O4S. The summed E-state index contributed by atoms with van der Waals surface area (Å²) >= 11 is 1.61. The van der Waals surface area contributed by atoms with Crippen LogP contribution in [0, 0.1) is 5.41 Å². The van der Waals surface area contributed by atoms with Gasteiger partial charge in [-0.25, -0.2) is 0 Å². The average Bonchev–Trinajstić information content (AvgIpc) is 3.37. The third-order valence-electron chi connectivity index (χ3n) is 4.80. The summed E-state index contributed by atoms with van der Waals surface area (Å²) in [7, 11) is 0. The van der Waals surface area contributed by atoms with Crippen LogP contribution in [0.1, 0.15) is 37.6 Å². The summed E-state index contributed by atoms with van der Waals surface area (Å²) in [6.45, 7) is 11.3. The van der Waals surface area contributed by atoms with Gasteiger partial charge in [0.25, 0.3) is 0 Å². The summed E-state index contributed by atoms with van der Waals surface area (Å²) in [5.41, 5.74) is 0.799. The fraction of sp³-hybridized carbons (Fsp3) is 0.417. The molecule has 6 nitrogen and oxygen atoms in total. The second-order valence-corrected chi connectivity index (χ2v) is 9.85. The van der Waals surface area contributed by atoms with Crippen LogP contribution < -0.4 is 9.47 Å². The second kappa shape index (κ2) is 10.0. The number of carbonyl (C=O) groups is 2. The van der Waals surface area contributed by atoms with Crippen LogP contribution in [-0.4, -0.2) is 41.5 Å². The van der Waals surface area contributed by atoms with Crippen LogP contribution in [0.3, 0.4) is 0 Å². The van der Waals surface area contributed by atoms with Crippen LogP contribution in [0.5, 0.6) is 11.5 Å². The van der Waals surface area contributed by atoms with Gasteiger partial charge < -0.3 is 19.3 Å². The molecule has 1 aliphatic heterocycles. The minimum atomic E-state index is -0.150. The molecule has 166 valence electrons. The topological polar surface area (TPSA) is 59.1 Å². The normalized spacial score (nSPS) is 12.5. The summed E-state index contributed by atoms with van der Waals surface area (Å²) in [5, 5.41) is 2.00. The van der Waals surface area contributed by atoms with E-state index in [9.17, 15) is 9.59 Å². The predicted molar refractivity (Wildman–Crippen MR) is 122 cm³/mol. The molecule has 2 heterocycles. The molecule has 31 heavy (non-hydrogen) atoms. The largest absolute Gasteiger partial charge is 0.454 e. The van der Waals surface area contributed by atoms with Crippen LogP contribution in [0.4, 0.5) is 0 Å². The van der Waals surface area contributed by atoms with Crippen molar-refractivity contribution in [3.63, 3.8) is 0 Å². The summed E-state index contributed by atoms with van der Waals surface area (Å²) in [6, 6.07) is 9.69. The van der Waals surface area contributed by atoms with E-state index < -0.39 is 0 Å². The Morgan fingerprint density at radius 2 is 1.87 bits per heavy atom. The third kappa shape index (κ3) is 6.59. The van der Waals surface area contributed by atoms with Crippen molar-refractivity contribution in [3.8, 4) is 11.5 Å². The molecule has 2 aromatic rings. The summed E-state index contributed by atoms with van der Waals surface area (Å²) in [6.07, 6.45) is 2.04. The van der Waals surface area contributed by atoms with Crippen molar-refractivity contribution in [1.29, 1.82) is 0 Å². The van der Waals surface area contributed by atoms with Crippen molar-refractivity contribution in [3.05, 3.63) is 58.8 Å². The van der Waals surface area contributed by atoms with Crippen molar-refractivity contribution in [1.82, 2.24) is 9.80 Å². The van der Waals surface area contributed by atoms with E-state index in [1.807, 2.05) is 56.5 Å². The maximum atomic E-state index is 13.3. The Labute approximate surface area is 188 Å². The van der Waals surface area contributed by atoms with Crippen molar-refractivity contribution < 1.29 is 19.1 Å². The number of hydrogen-bond donors (Lipinski definition) is 0. The zero-order valence-electron chi connectivity index (χ0n) is 18.4. The molecular weight excluding hydrogens is 412 g/mol. The van der Waals surface area contributed by atoms with Gasteiger partial charge in [-0.2, -0.15) is 0 Å². The van der Waals surface area contributed by atoms with Gasteiger partial charge in [0.05, 0.1) is 6.54 Å². The van der Waals surface area contributed by atoms with Gasteiger partial charge in [0, 0.05) is 24.4 Å². The van der Waals surface area contributed by atoms with Gasteiger partial charge in [-0.1, -0.05) is 39.0 Å². The van der Waals surface area contributed by atoms with Gasteiger partial charge in [0.2, 0.25) is 18.6 Å². The number of carbonyl (C=O) groups excluding carboxylic acids is 2. The van der Waals surface area contributed by atoms with Gasteiger partial charge in [-0.3, -0.25) is 9.59 Å². The second-order valence-electron chi connectivity index (χ2n) is 8.82. The van der Waals surface area contributed by atoms with Crippen LogP contribution >= 0.6 is 11.3 Å². The number of ether oxygens (including phenoxy) is 2. The Hall–Kier alpha value is -2.80. The Balaban J connectivity index is 1.76. The average molecular weight is 443 g/mol. The molecule has 7 heteroatoms. The summed E-state index contributed by atoms with van der Waals surface area (Å²) in [5.74, 6) is 1.26. The highest BCUT2D eigenvalue weighted by atomic mass is 32.1. The number of rotatable bonds is 9. The first-order valence-electron chi connectivity index (χ1n) is 10.3. The lowest BCUT2D eigenvalue weighted by Gasteiger charge is -2.29. The lowest BCUT2D eigenvalue weighted by molar-refractivity contribution is -0.141. The molecule has 1 aliphatic rings. The molecule has 0 fully saturated rings. The Morgan fingerprint density at radius 3 is 2.55 bits per heavy atom. The Bertz CT molecular complexity index is 918. The van der Waals surface area contributed by atoms with E-state index in [-0.39, 0.29) is 30.6 Å². The molecule has 1 aromatic carbocycles. The molecule has 0 N–H and O–H groups in total. The molecule has 3 rings (SSSR count). The molecule has 2 amide bonds. The highest BCUT2D eigenvalue weighted by Crippen LogP contribution is 2.33. The van der Waals surface area contributed by atoms with E-state index in [0.717, 1.165) is 10.4 Å².